The molecule has 0 aliphatic heterocycles. The molecule has 1 aromatic carbocycles. The number of nitrogens with one attached hydrogen (secondary N) is 2. The van der Waals surface area contributed by atoms with Crippen molar-refractivity contribution in [3.05, 3.63) is 29.8 Å². The smallest absolute Gasteiger partial charge is 0.326 e. The topological polar surface area (TPSA) is 133 Å². The fourth-order valence-corrected chi connectivity index (χ4v) is 1.56. The Hall–Kier alpha value is -2.90. The lowest BCUT2D eigenvalue weighted by molar-refractivity contribution is -0.145. The lowest BCUT2D eigenvalue weighted by Gasteiger charge is -2.13. The van der Waals surface area contributed by atoms with Gasteiger partial charge in [0.1, 0.15) is 6.04 Å². The first kappa shape index (κ1) is 16.2. The minimum absolute atomic E-state index is 0.109. The van der Waals surface area contributed by atoms with Crippen LogP contribution in [0.4, 0.5) is 5.69 Å². The number of hydrogen-bond acceptors (Lipinski definition) is 4. The fourth-order valence-electron chi connectivity index (χ4n) is 1.56. The van der Waals surface area contributed by atoms with Crippen molar-refractivity contribution in [1.82, 2.24) is 5.32 Å². The van der Waals surface area contributed by atoms with Crippen molar-refractivity contribution in [3.63, 3.8) is 0 Å². The van der Waals surface area contributed by atoms with Gasteiger partial charge in [-0.2, -0.15) is 0 Å². The van der Waals surface area contributed by atoms with Gasteiger partial charge in [-0.15, -0.1) is 0 Å². The van der Waals surface area contributed by atoms with E-state index in [0.29, 0.717) is 5.69 Å². The first-order valence-corrected chi connectivity index (χ1v) is 5.92. The van der Waals surface area contributed by atoms with Crippen molar-refractivity contribution in [2.45, 2.75) is 19.4 Å². The van der Waals surface area contributed by atoms with Crippen LogP contribution in [0.3, 0.4) is 0 Å². The van der Waals surface area contributed by atoms with E-state index < -0.39 is 30.3 Å². The maximum atomic E-state index is 11.9. The zero-order chi connectivity index (χ0) is 16.0. The monoisotopic (exact) mass is 294 g/mol. The molecule has 8 nitrogen and oxygen atoms in total. The Balaban J connectivity index is 2.84. The van der Waals surface area contributed by atoms with Gasteiger partial charge in [0.15, 0.2) is 0 Å². The average Bonchev–Trinajstić information content (AvgIpc) is 2.36. The molecule has 1 rings (SSSR count). The number of benzene rings is 1. The lowest BCUT2D eigenvalue weighted by atomic mass is 10.1. The van der Waals surface area contributed by atoms with Gasteiger partial charge in [-0.25, -0.2) is 4.79 Å². The van der Waals surface area contributed by atoms with Crippen LogP contribution in [0.2, 0.25) is 0 Å². The van der Waals surface area contributed by atoms with E-state index in [4.69, 9.17) is 10.2 Å². The number of anilines is 1. The van der Waals surface area contributed by atoms with E-state index in [1.54, 1.807) is 6.07 Å². The van der Waals surface area contributed by atoms with Crippen LogP contribution in [-0.2, 0) is 14.4 Å². The van der Waals surface area contributed by atoms with E-state index in [0.717, 1.165) is 0 Å². The fraction of sp³-hybridized carbons (Fsp3) is 0.231. The van der Waals surface area contributed by atoms with Gasteiger partial charge in [-0.1, -0.05) is 6.07 Å². The molecule has 0 spiro atoms. The van der Waals surface area contributed by atoms with Crippen molar-refractivity contribution in [3.8, 4) is 0 Å². The van der Waals surface area contributed by atoms with Crippen molar-refractivity contribution in [1.29, 1.82) is 0 Å². The Morgan fingerprint density at radius 2 is 1.86 bits per heavy atom. The summed E-state index contributed by atoms with van der Waals surface area (Å²) in [5.74, 6) is -3.84. The predicted octanol–water partition coefficient (Wildman–Crippen LogP) is 0.303. The summed E-state index contributed by atoms with van der Waals surface area (Å²) >= 11 is 0. The van der Waals surface area contributed by atoms with Crippen LogP contribution < -0.4 is 10.6 Å². The normalized spacial score (nSPS) is 11.3. The van der Waals surface area contributed by atoms with Gasteiger partial charge in [0.2, 0.25) is 5.91 Å². The average molecular weight is 294 g/mol. The Bertz CT molecular complexity index is 584. The van der Waals surface area contributed by atoms with Crippen molar-refractivity contribution < 1.29 is 29.4 Å². The molecule has 2 amide bonds. The van der Waals surface area contributed by atoms with E-state index in [1.165, 1.54) is 25.1 Å². The van der Waals surface area contributed by atoms with Gasteiger partial charge in [0.25, 0.3) is 5.91 Å². The highest BCUT2D eigenvalue weighted by molar-refractivity contribution is 5.99. The molecule has 4 N–H and O–H groups in total. The number of carbonyl (C=O) groups excluding carboxylic acids is 2. The minimum Gasteiger partial charge on any atom is -0.481 e. The number of carboxylic acid groups (broad SMARTS) is 2. The third-order valence-electron chi connectivity index (χ3n) is 2.43. The van der Waals surface area contributed by atoms with Crippen molar-refractivity contribution in [2.75, 3.05) is 5.32 Å². The second-order valence-electron chi connectivity index (χ2n) is 4.22. The van der Waals surface area contributed by atoms with Crippen LogP contribution in [-0.4, -0.2) is 40.0 Å². The first-order chi connectivity index (χ1) is 9.79. The van der Waals surface area contributed by atoms with Crippen LogP contribution in [0.5, 0.6) is 0 Å². The number of carbonyl (C=O) groups is 4. The Kier molecular flexibility index (Phi) is 5.41. The van der Waals surface area contributed by atoms with Crippen LogP contribution >= 0.6 is 0 Å². The highest BCUT2D eigenvalue weighted by atomic mass is 16.4. The standard InChI is InChI=1S/C13H14N2O6/c1-7(16)14-9-4-2-3-8(5-9)12(19)15-10(13(20)21)6-11(17)18/h2-5,10H,6H2,1H3,(H,14,16)(H,15,19)(H,17,18)(H,20,21)/t10-/m1/s1. The number of carboxylic acids is 2. The molecule has 0 bridgehead atoms. The summed E-state index contributed by atoms with van der Waals surface area (Å²) in [6, 6.07) is 4.31. The zero-order valence-corrected chi connectivity index (χ0v) is 11.1. The molecule has 0 saturated heterocycles. The molecular formula is C13H14N2O6. The van der Waals surface area contributed by atoms with Gasteiger partial charge in [0.05, 0.1) is 6.42 Å². The Morgan fingerprint density at radius 3 is 2.38 bits per heavy atom. The van der Waals surface area contributed by atoms with Crippen LogP contribution in [0, 0.1) is 0 Å². The summed E-state index contributed by atoms with van der Waals surface area (Å²) in [6.45, 7) is 1.31. The van der Waals surface area contributed by atoms with Gasteiger partial charge in [-0.05, 0) is 18.2 Å². The Labute approximate surface area is 119 Å². The highest BCUT2D eigenvalue weighted by Gasteiger charge is 2.23. The molecular weight excluding hydrogens is 280 g/mol. The van der Waals surface area contributed by atoms with E-state index in [9.17, 15) is 19.2 Å². The largest absolute Gasteiger partial charge is 0.481 e. The van der Waals surface area contributed by atoms with Crippen LogP contribution in [0.1, 0.15) is 23.7 Å². The third-order valence-corrected chi connectivity index (χ3v) is 2.43. The van der Waals surface area contributed by atoms with Crippen LogP contribution in [0.25, 0.3) is 0 Å². The van der Waals surface area contributed by atoms with E-state index >= 15 is 0 Å². The van der Waals surface area contributed by atoms with Crippen LogP contribution in [0.15, 0.2) is 24.3 Å². The predicted molar refractivity (Wildman–Crippen MR) is 71.9 cm³/mol. The molecule has 0 fully saturated rings. The lowest BCUT2D eigenvalue weighted by Crippen LogP contribution is -2.42. The zero-order valence-electron chi connectivity index (χ0n) is 11.1. The highest BCUT2D eigenvalue weighted by Crippen LogP contribution is 2.11. The molecule has 1 aromatic rings. The van der Waals surface area contributed by atoms with E-state index in [-0.39, 0.29) is 11.5 Å². The SMILES string of the molecule is CC(=O)Nc1cccc(C(=O)N[C@H](CC(=O)O)C(=O)O)c1. The molecule has 0 aliphatic rings. The second-order valence-corrected chi connectivity index (χ2v) is 4.22. The molecule has 0 unspecified atom stereocenters. The molecule has 0 heterocycles. The molecule has 8 heteroatoms. The summed E-state index contributed by atoms with van der Waals surface area (Å²) in [7, 11) is 0. The Morgan fingerprint density at radius 1 is 1.19 bits per heavy atom. The molecule has 1 atom stereocenters. The number of amides is 2. The summed E-state index contributed by atoms with van der Waals surface area (Å²) < 4.78 is 0. The summed E-state index contributed by atoms with van der Waals surface area (Å²) in [6.07, 6.45) is -0.730. The van der Waals surface area contributed by atoms with E-state index in [1.807, 2.05) is 0 Å². The molecule has 0 aromatic heterocycles. The number of rotatable bonds is 6. The number of hydrogen-bond donors (Lipinski definition) is 4. The molecule has 0 radical (unpaired) electrons. The molecule has 112 valence electrons. The maximum absolute atomic E-state index is 11.9. The van der Waals surface area contributed by atoms with Crippen molar-refractivity contribution >= 4 is 29.4 Å². The molecule has 0 aliphatic carbocycles. The summed E-state index contributed by atoms with van der Waals surface area (Å²) in [4.78, 5) is 44.3. The minimum atomic E-state index is -1.53. The van der Waals surface area contributed by atoms with Gasteiger partial charge >= 0.3 is 11.9 Å². The van der Waals surface area contributed by atoms with Gasteiger partial charge < -0.3 is 20.8 Å². The second kappa shape index (κ2) is 7.04. The third kappa shape index (κ3) is 5.31. The first-order valence-electron chi connectivity index (χ1n) is 5.92. The quantitative estimate of drug-likeness (QED) is 0.596. The summed E-state index contributed by atoms with van der Waals surface area (Å²) in [5, 5.41) is 22.0. The molecule has 0 saturated carbocycles. The van der Waals surface area contributed by atoms with E-state index in [2.05, 4.69) is 10.6 Å². The number of aliphatic carboxylic acids is 2. The molecule has 21 heavy (non-hydrogen) atoms. The van der Waals surface area contributed by atoms with Crippen molar-refractivity contribution in [2.24, 2.45) is 0 Å². The van der Waals surface area contributed by atoms with Gasteiger partial charge in [-0.3, -0.25) is 14.4 Å². The summed E-state index contributed by atoms with van der Waals surface area (Å²) in [5.41, 5.74) is 0.484. The van der Waals surface area contributed by atoms with Gasteiger partial charge in [0, 0.05) is 18.2 Å². The maximum Gasteiger partial charge on any atom is 0.326 e.